The van der Waals surface area contributed by atoms with Crippen LogP contribution in [0, 0.1) is 29.9 Å². The van der Waals surface area contributed by atoms with Crippen molar-refractivity contribution in [3.05, 3.63) is 84.2 Å². The van der Waals surface area contributed by atoms with Crippen molar-refractivity contribution in [1.29, 1.82) is 0 Å². The second kappa shape index (κ2) is 13.1. The standard InChI is InChI=1S/C32H37F3N5O3/c33-24-6-7-27(34)26(14-24)29-20-39(17-21-4-2-1-3-5-21)31(37-29)30(22-9-12-43-13-10-22)40(18-23-15-36-16-28(23)35)32(42)38-11-8-25(41)19-38/h1-8,14,20,22-23,25,28,30,36,41H,9-13,15-19H2/t23-,25+,28-,30+/m0/s1. The van der Waals surface area contributed by atoms with Crippen LogP contribution in [-0.4, -0.2) is 88.7 Å². The number of likely N-dealkylation sites (tertiary alicyclic amines) is 1. The minimum Gasteiger partial charge on any atom is -0.391 e. The number of carbonyl (C=O) groups is 1. The summed E-state index contributed by atoms with van der Waals surface area (Å²) in [4.78, 5) is 22.5. The number of imidazole rings is 1. The predicted molar refractivity (Wildman–Crippen MR) is 155 cm³/mol. The van der Waals surface area contributed by atoms with Gasteiger partial charge in [-0.15, -0.1) is 0 Å². The molecule has 43 heavy (non-hydrogen) atoms. The Morgan fingerprint density at radius 1 is 1.14 bits per heavy atom. The number of nitrogens with one attached hydrogen (secondary N) is 1. The Morgan fingerprint density at radius 2 is 1.93 bits per heavy atom. The summed E-state index contributed by atoms with van der Waals surface area (Å²) < 4.78 is 52.0. The zero-order valence-electron chi connectivity index (χ0n) is 23.9. The number of β-amino-alcohol motifs (C(OH)–C–C–N with tert-alkyl or cyclic N) is 1. The highest BCUT2D eigenvalue weighted by Gasteiger charge is 2.42. The Kier molecular flexibility index (Phi) is 9.01. The van der Waals surface area contributed by atoms with E-state index in [0.717, 1.165) is 23.8 Å². The maximum Gasteiger partial charge on any atom is 0.320 e. The molecule has 2 N–H and O–H groups in total. The number of urea groups is 1. The molecule has 3 aliphatic rings. The van der Waals surface area contributed by atoms with Gasteiger partial charge < -0.3 is 29.5 Å². The number of aromatic nitrogens is 2. The highest BCUT2D eigenvalue weighted by atomic mass is 19.1. The molecule has 8 nitrogen and oxygen atoms in total. The molecule has 11 heteroatoms. The summed E-state index contributed by atoms with van der Waals surface area (Å²) in [5.74, 6) is -1.18. The van der Waals surface area contributed by atoms with Crippen LogP contribution in [0.1, 0.15) is 30.3 Å². The molecule has 3 aromatic rings. The number of amides is 2. The molecule has 0 unspecified atom stereocenters. The van der Waals surface area contributed by atoms with Gasteiger partial charge in [-0.1, -0.05) is 30.3 Å². The van der Waals surface area contributed by atoms with E-state index in [-0.39, 0.29) is 49.4 Å². The second-order valence-electron chi connectivity index (χ2n) is 11.7. The normalized spacial score (nSPS) is 23.5. The number of hydrogen-bond donors (Lipinski definition) is 2. The van der Waals surface area contributed by atoms with E-state index in [1.807, 2.05) is 34.9 Å². The molecule has 2 aromatic carbocycles. The number of carbonyl (C=O) groups excluding carboxylic acids is 1. The monoisotopic (exact) mass is 596 g/mol. The maximum atomic E-state index is 15.1. The number of nitrogens with zero attached hydrogens (tertiary/aromatic N) is 4. The third-order valence-corrected chi connectivity index (χ3v) is 8.73. The molecule has 0 bridgehead atoms. The molecule has 6 rings (SSSR count). The average molecular weight is 597 g/mol. The van der Waals surface area contributed by atoms with Crippen LogP contribution in [0.15, 0.2) is 54.7 Å². The number of halogens is 3. The SMILES string of the molecule is O=C(N1C[CH][C@@H](O)C1)N(C[C@@H]1CNC[C@@H]1F)[C@@H](c1nc(-c2cc(F)ccc2F)cn1Cc1ccccc1)C1CCOCC1. The molecule has 4 atom stereocenters. The van der Waals surface area contributed by atoms with Crippen molar-refractivity contribution in [1.82, 2.24) is 24.7 Å². The van der Waals surface area contributed by atoms with Gasteiger partial charge in [0.15, 0.2) is 0 Å². The van der Waals surface area contributed by atoms with Gasteiger partial charge in [-0.05, 0) is 42.5 Å². The number of benzene rings is 2. The molecule has 229 valence electrons. The van der Waals surface area contributed by atoms with Crippen LogP contribution in [0.25, 0.3) is 11.3 Å². The Hall–Kier alpha value is -3.41. The molecular weight excluding hydrogens is 559 g/mol. The lowest BCUT2D eigenvalue weighted by atomic mass is 9.89. The van der Waals surface area contributed by atoms with Crippen LogP contribution in [0.5, 0.6) is 0 Å². The molecule has 2 amide bonds. The number of aliphatic hydroxyl groups is 1. The van der Waals surface area contributed by atoms with E-state index in [2.05, 4.69) is 5.32 Å². The average Bonchev–Trinajstić information content (AvgIpc) is 3.75. The van der Waals surface area contributed by atoms with Crippen LogP contribution < -0.4 is 5.32 Å². The van der Waals surface area contributed by atoms with Gasteiger partial charge in [0.1, 0.15) is 23.6 Å². The first-order valence-corrected chi connectivity index (χ1v) is 14.9. The van der Waals surface area contributed by atoms with Gasteiger partial charge in [0.25, 0.3) is 0 Å². The minimum absolute atomic E-state index is 0.0257. The van der Waals surface area contributed by atoms with Crippen LogP contribution in [-0.2, 0) is 11.3 Å². The summed E-state index contributed by atoms with van der Waals surface area (Å²) in [5, 5.41) is 13.3. The van der Waals surface area contributed by atoms with E-state index in [1.165, 1.54) is 0 Å². The number of rotatable bonds is 8. The van der Waals surface area contributed by atoms with E-state index in [1.54, 1.807) is 22.4 Å². The fraction of sp³-hybridized carbons (Fsp3) is 0.469. The van der Waals surface area contributed by atoms with Crippen molar-refractivity contribution in [2.24, 2.45) is 11.8 Å². The molecule has 1 aromatic heterocycles. The first-order valence-electron chi connectivity index (χ1n) is 14.9. The lowest BCUT2D eigenvalue weighted by molar-refractivity contribution is 0.0208. The number of alkyl halides is 1. The third kappa shape index (κ3) is 6.58. The molecular formula is C32H37F3N5O3. The fourth-order valence-corrected chi connectivity index (χ4v) is 6.44. The molecule has 1 radical (unpaired) electrons. The lowest BCUT2D eigenvalue weighted by Gasteiger charge is -2.41. The Morgan fingerprint density at radius 3 is 2.63 bits per heavy atom. The van der Waals surface area contributed by atoms with Crippen molar-refractivity contribution in [2.75, 3.05) is 45.9 Å². The number of aliphatic hydroxyl groups excluding tert-OH is 1. The summed E-state index contributed by atoms with van der Waals surface area (Å²) in [6.07, 6.45) is 2.81. The van der Waals surface area contributed by atoms with E-state index in [4.69, 9.17) is 9.72 Å². The summed E-state index contributed by atoms with van der Waals surface area (Å²) in [6.45, 7) is 2.60. The Bertz CT molecular complexity index is 1400. The Balaban J connectivity index is 1.48. The first kappa shape index (κ1) is 29.7. The second-order valence-corrected chi connectivity index (χ2v) is 11.7. The van der Waals surface area contributed by atoms with Gasteiger partial charge in [0.2, 0.25) is 0 Å². The van der Waals surface area contributed by atoms with Gasteiger partial charge in [0, 0.05) is 76.6 Å². The maximum absolute atomic E-state index is 15.1. The molecule has 0 spiro atoms. The van der Waals surface area contributed by atoms with Crippen molar-refractivity contribution >= 4 is 6.03 Å². The molecule has 0 aliphatic carbocycles. The molecule has 0 saturated carbocycles. The topological polar surface area (TPSA) is 82.9 Å². The van der Waals surface area contributed by atoms with Gasteiger partial charge in [0.05, 0.1) is 17.8 Å². The number of hydrogen-bond acceptors (Lipinski definition) is 5. The largest absolute Gasteiger partial charge is 0.391 e. The third-order valence-electron chi connectivity index (χ3n) is 8.73. The zero-order chi connectivity index (χ0) is 29.9. The smallest absolute Gasteiger partial charge is 0.320 e. The van der Waals surface area contributed by atoms with E-state index >= 15 is 8.78 Å². The van der Waals surface area contributed by atoms with Gasteiger partial charge in [-0.3, -0.25) is 0 Å². The molecule has 3 fully saturated rings. The van der Waals surface area contributed by atoms with Gasteiger partial charge in [-0.2, -0.15) is 0 Å². The molecule has 3 aliphatic heterocycles. The van der Waals surface area contributed by atoms with E-state index < -0.39 is 35.9 Å². The summed E-state index contributed by atoms with van der Waals surface area (Å²) >= 11 is 0. The van der Waals surface area contributed by atoms with Crippen molar-refractivity contribution in [3.8, 4) is 11.3 Å². The van der Waals surface area contributed by atoms with Gasteiger partial charge in [-0.25, -0.2) is 22.9 Å². The summed E-state index contributed by atoms with van der Waals surface area (Å²) in [5.41, 5.74) is 1.25. The number of ether oxygens (including phenoxy) is 1. The van der Waals surface area contributed by atoms with Crippen molar-refractivity contribution in [3.63, 3.8) is 0 Å². The molecule has 4 heterocycles. The predicted octanol–water partition coefficient (Wildman–Crippen LogP) is 4.20. The van der Waals surface area contributed by atoms with Crippen LogP contribution in [0.2, 0.25) is 0 Å². The Labute approximate surface area is 249 Å². The quantitative estimate of drug-likeness (QED) is 0.408. The van der Waals surface area contributed by atoms with Gasteiger partial charge >= 0.3 is 6.03 Å². The van der Waals surface area contributed by atoms with Crippen molar-refractivity contribution < 1.29 is 27.8 Å². The van der Waals surface area contributed by atoms with E-state index in [0.29, 0.717) is 45.0 Å². The molecule has 3 saturated heterocycles. The van der Waals surface area contributed by atoms with Crippen LogP contribution in [0.4, 0.5) is 18.0 Å². The minimum atomic E-state index is -1.12. The highest BCUT2D eigenvalue weighted by molar-refractivity contribution is 5.76. The van der Waals surface area contributed by atoms with E-state index in [9.17, 15) is 14.3 Å². The van der Waals surface area contributed by atoms with Crippen LogP contribution >= 0.6 is 0 Å². The van der Waals surface area contributed by atoms with Crippen molar-refractivity contribution in [2.45, 2.75) is 37.7 Å². The first-order chi connectivity index (χ1) is 20.9. The summed E-state index contributed by atoms with van der Waals surface area (Å²) in [7, 11) is 0. The lowest BCUT2D eigenvalue weighted by Crippen LogP contribution is -2.50. The zero-order valence-corrected chi connectivity index (χ0v) is 23.9. The van der Waals surface area contributed by atoms with Crippen LogP contribution in [0.3, 0.4) is 0 Å². The summed E-state index contributed by atoms with van der Waals surface area (Å²) in [6, 6.07) is 12.1. The fourth-order valence-electron chi connectivity index (χ4n) is 6.44. The highest BCUT2D eigenvalue weighted by Crippen LogP contribution is 2.39.